The lowest BCUT2D eigenvalue weighted by Gasteiger charge is -2.15. The Balaban J connectivity index is 2.32. The first-order valence-corrected chi connectivity index (χ1v) is 6.27. The van der Waals surface area contributed by atoms with Crippen molar-refractivity contribution in [3.63, 3.8) is 0 Å². The molecular weight excluding hydrogens is 238 g/mol. The van der Waals surface area contributed by atoms with Gasteiger partial charge in [-0.05, 0) is 12.0 Å². The molecule has 1 heterocycles. The largest absolute Gasteiger partial charge is 0.384 e. The van der Waals surface area contributed by atoms with E-state index in [0.717, 1.165) is 23.1 Å². The average molecular weight is 255 g/mol. The second kappa shape index (κ2) is 6.17. The van der Waals surface area contributed by atoms with Gasteiger partial charge in [-0.3, -0.25) is 4.98 Å². The molecule has 0 radical (unpaired) electrons. The Kier molecular flexibility index (Phi) is 4.32. The van der Waals surface area contributed by atoms with Crippen molar-refractivity contribution < 1.29 is 4.74 Å². The molecule has 0 saturated carbocycles. The van der Waals surface area contributed by atoms with Crippen molar-refractivity contribution in [2.24, 2.45) is 5.92 Å². The summed E-state index contributed by atoms with van der Waals surface area (Å²) in [6.45, 7) is 3.56. The zero-order valence-corrected chi connectivity index (χ0v) is 11.2. The first kappa shape index (κ1) is 13.3. The fourth-order valence-corrected chi connectivity index (χ4v) is 2.04. The van der Waals surface area contributed by atoms with E-state index in [9.17, 15) is 5.26 Å². The Labute approximate surface area is 113 Å². The molecule has 0 spiro atoms. The number of nitrogens with zero attached hydrogens (tertiary/aromatic N) is 2. The number of fused-ring (bicyclic) bond motifs is 1. The van der Waals surface area contributed by atoms with Crippen LogP contribution in [0.3, 0.4) is 0 Å². The minimum Gasteiger partial charge on any atom is -0.384 e. The first-order valence-electron chi connectivity index (χ1n) is 6.27. The molecule has 2 aromatic rings. The molecule has 19 heavy (non-hydrogen) atoms. The number of rotatable bonds is 5. The third-order valence-corrected chi connectivity index (χ3v) is 2.97. The summed E-state index contributed by atoms with van der Waals surface area (Å²) in [5.74, 6) is 0.378. The lowest BCUT2D eigenvalue weighted by atomic mass is 10.1. The normalized spacial score (nSPS) is 12.1. The molecule has 98 valence electrons. The van der Waals surface area contributed by atoms with E-state index in [4.69, 9.17) is 4.74 Å². The molecule has 1 aromatic heterocycles. The summed E-state index contributed by atoms with van der Waals surface area (Å²) >= 11 is 0. The van der Waals surface area contributed by atoms with Crippen molar-refractivity contribution in [1.82, 2.24) is 4.98 Å². The highest BCUT2D eigenvalue weighted by molar-refractivity contribution is 5.93. The van der Waals surface area contributed by atoms with Crippen LogP contribution < -0.4 is 5.32 Å². The molecule has 1 unspecified atom stereocenters. The van der Waals surface area contributed by atoms with Crippen LogP contribution in [-0.2, 0) is 4.74 Å². The number of aromatic nitrogens is 1. The molecule has 2 rings (SSSR count). The Hall–Kier alpha value is -2.12. The highest BCUT2D eigenvalue weighted by atomic mass is 16.5. The van der Waals surface area contributed by atoms with Gasteiger partial charge in [0.1, 0.15) is 6.07 Å². The number of anilines is 1. The van der Waals surface area contributed by atoms with Crippen LogP contribution in [-0.4, -0.2) is 25.2 Å². The quantitative estimate of drug-likeness (QED) is 0.892. The third-order valence-electron chi connectivity index (χ3n) is 2.97. The second-order valence-corrected chi connectivity index (χ2v) is 4.62. The number of hydrogen-bond donors (Lipinski definition) is 1. The van der Waals surface area contributed by atoms with Gasteiger partial charge in [0.15, 0.2) is 0 Å². The molecule has 0 aliphatic carbocycles. The third kappa shape index (κ3) is 3.01. The summed E-state index contributed by atoms with van der Waals surface area (Å²) in [5, 5.41) is 13.5. The predicted octanol–water partition coefficient (Wildman–Crippen LogP) is 2.80. The summed E-state index contributed by atoms with van der Waals surface area (Å²) in [6, 6.07) is 10.0. The molecule has 1 atom stereocenters. The summed E-state index contributed by atoms with van der Waals surface area (Å²) in [5.41, 5.74) is 2.32. The van der Waals surface area contributed by atoms with Crippen molar-refractivity contribution >= 4 is 16.6 Å². The summed E-state index contributed by atoms with van der Waals surface area (Å²) in [4.78, 5) is 4.29. The highest BCUT2D eigenvalue weighted by Crippen LogP contribution is 2.25. The van der Waals surface area contributed by atoms with Gasteiger partial charge in [-0.2, -0.15) is 5.26 Å². The van der Waals surface area contributed by atoms with Gasteiger partial charge in [0.25, 0.3) is 0 Å². The number of hydrogen-bond acceptors (Lipinski definition) is 4. The van der Waals surface area contributed by atoms with Gasteiger partial charge in [-0.25, -0.2) is 0 Å². The fraction of sp³-hybridized carbons (Fsp3) is 0.333. The standard InChI is InChI=1S/C15H17N3O/c1-11(10-19-2)8-18-15-12(7-16)9-17-14-6-4-3-5-13(14)15/h3-6,9,11H,8,10H2,1-2H3,(H,17,18). The minimum atomic E-state index is 0.378. The SMILES string of the molecule is COCC(C)CNc1c(C#N)cnc2ccccc12. The molecule has 0 aliphatic rings. The van der Waals surface area contributed by atoms with Crippen LogP contribution in [0, 0.1) is 17.2 Å². The number of ether oxygens (including phenoxy) is 1. The number of nitrogens with one attached hydrogen (secondary N) is 1. The molecule has 0 bridgehead atoms. The lowest BCUT2D eigenvalue weighted by molar-refractivity contribution is 0.164. The lowest BCUT2D eigenvalue weighted by Crippen LogP contribution is -2.16. The molecule has 1 aromatic carbocycles. The van der Waals surface area contributed by atoms with E-state index in [1.807, 2.05) is 24.3 Å². The predicted molar refractivity (Wildman–Crippen MR) is 76.0 cm³/mol. The fourth-order valence-electron chi connectivity index (χ4n) is 2.04. The van der Waals surface area contributed by atoms with E-state index in [2.05, 4.69) is 23.3 Å². The van der Waals surface area contributed by atoms with E-state index in [1.54, 1.807) is 13.3 Å². The van der Waals surface area contributed by atoms with Gasteiger partial charge < -0.3 is 10.1 Å². The summed E-state index contributed by atoms with van der Waals surface area (Å²) < 4.78 is 5.12. The van der Waals surface area contributed by atoms with Gasteiger partial charge in [-0.1, -0.05) is 25.1 Å². The maximum atomic E-state index is 9.19. The van der Waals surface area contributed by atoms with Gasteiger partial charge in [0, 0.05) is 25.2 Å². The Morgan fingerprint density at radius 3 is 2.95 bits per heavy atom. The van der Waals surface area contributed by atoms with Crippen LogP contribution in [0.25, 0.3) is 10.9 Å². The van der Waals surface area contributed by atoms with E-state index in [-0.39, 0.29) is 0 Å². The molecule has 0 fully saturated rings. The molecule has 0 aliphatic heterocycles. The van der Waals surface area contributed by atoms with Crippen molar-refractivity contribution in [1.29, 1.82) is 5.26 Å². The van der Waals surface area contributed by atoms with Crippen molar-refractivity contribution in [3.05, 3.63) is 36.0 Å². The molecular formula is C15H17N3O. The number of methoxy groups -OCH3 is 1. The summed E-state index contributed by atoms with van der Waals surface area (Å²) in [6.07, 6.45) is 1.62. The van der Waals surface area contributed by atoms with Crippen LogP contribution in [0.4, 0.5) is 5.69 Å². The van der Waals surface area contributed by atoms with E-state index < -0.39 is 0 Å². The van der Waals surface area contributed by atoms with Crippen LogP contribution in [0.15, 0.2) is 30.5 Å². The van der Waals surface area contributed by atoms with Crippen LogP contribution in [0.2, 0.25) is 0 Å². The Bertz CT molecular complexity index is 604. The van der Waals surface area contributed by atoms with Crippen molar-refractivity contribution in [3.8, 4) is 6.07 Å². The number of nitriles is 1. The van der Waals surface area contributed by atoms with Gasteiger partial charge in [-0.15, -0.1) is 0 Å². The molecule has 4 heteroatoms. The Morgan fingerprint density at radius 1 is 1.42 bits per heavy atom. The van der Waals surface area contributed by atoms with E-state index >= 15 is 0 Å². The number of pyridine rings is 1. The smallest absolute Gasteiger partial charge is 0.103 e. The van der Waals surface area contributed by atoms with Crippen LogP contribution >= 0.6 is 0 Å². The maximum Gasteiger partial charge on any atom is 0.103 e. The van der Waals surface area contributed by atoms with Crippen molar-refractivity contribution in [2.75, 3.05) is 25.6 Å². The van der Waals surface area contributed by atoms with Crippen LogP contribution in [0.5, 0.6) is 0 Å². The monoisotopic (exact) mass is 255 g/mol. The second-order valence-electron chi connectivity index (χ2n) is 4.62. The van der Waals surface area contributed by atoms with Crippen molar-refractivity contribution in [2.45, 2.75) is 6.92 Å². The molecule has 4 nitrogen and oxygen atoms in total. The minimum absolute atomic E-state index is 0.378. The van der Waals surface area contributed by atoms with Gasteiger partial charge in [0.05, 0.1) is 23.4 Å². The van der Waals surface area contributed by atoms with E-state index in [0.29, 0.717) is 18.1 Å². The zero-order chi connectivity index (χ0) is 13.7. The topological polar surface area (TPSA) is 57.9 Å². The molecule has 1 N–H and O–H groups in total. The first-order chi connectivity index (χ1) is 9.26. The maximum absolute atomic E-state index is 9.19. The molecule has 0 amide bonds. The molecule has 0 saturated heterocycles. The van der Waals surface area contributed by atoms with Gasteiger partial charge >= 0.3 is 0 Å². The highest BCUT2D eigenvalue weighted by Gasteiger charge is 2.09. The number of benzene rings is 1. The number of para-hydroxylation sites is 1. The van der Waals surface area contributed by atoms with Gasteiger partial charge in [0.2, 0.25) is 0 Å². The van der Waals surface area contributed by atoms with Crippen LogP contribution in [0.1, 0.15) is 12.5 Å². The average Bonchev–Trinajstić information content (AvgIpc) is 2.44. The van der Waals surface area contributed by atoms with E-state index in [1.165, 1.54) is 0 Å². The zero-order valence-electron chi connectivity index (χ0n) is 11.2. The summed E-state index contributed by atoms with van der Waals surface area (Å²) in [7, 11) is 1.69. The Morgan fingerprint density at radius 2 is 2.21 bits per heavy atom.